The molecule has 4 aliphatic rings. The molecule has 0 unspecified atom stereocenters. The fourth-order valence-electron chi connectivity index (χ4n) is 6.53. The molecule has 3 saturated heterocycles. The molecule has 4 atom stereocenters. The summed E-state index contributed by atoms with van der Waals surface area (Å²) in [6.45, 7) is 3.78. The van der Waals surface area contributed by atoms with Gasteiger partial charge in [-0.2, -0.15) is 0 Å². The van der Waals surface area contributed by atoms with Crippen molar-refractivity contribution in [3.8, 4) is 0 Å². The molecule has 30 heavy (non-hydrogen) atoms. The first kappa shape index (κ1) is 18.5. The zero-order valence-corrected chi connectivity index (χ0v) is 17.3. The summed E-state index contributed by atoms with van der Waals surface area (Å²) in [5.74, 6) is 1.27. The second-order valence-corrected chi connectivity index (χ2v) is 9.67. The average Bonchev–Trinajstić information content (AvgIpc) is 3.51. The van der Waals surface area contributed by atoms with Gasteiger partial charge in [0.2, 0.25) is 5.91 Å². The normalized spacial score (nSPS) is 32.3. The molecule has 1 aliphatic carbocycles. The molecule has 3 aliphatic heterocycles. The van der Waals surface area contributed by atoms with Crippen LogP contribution >= 0.6 is 0 Å². The first-order valence-corrected chi connectivity index (χ1v) is 11.3. The third-order valence-corrected chi connectivity index (χ3v) is 7.94. The highest BCUT2D eigenvalue weighted by Gasteiger charge is 2.62. The van der Waals surface area contributed by atoms with Crippen LogP contribution in [0.1, 0.15) is 29.5 Å². The van der Waals surface area contributed by atoms with Gasteiger partial charge in [-0.3, -0.25) is 14.7 Å². The fraction of sp³-hybridized carbons (Fsp3) is 0.520. The van der Waals surface area contributed by atoms with Crippen molar-refractivity contribution in [2.45, 2.75) is 43.9 Å². The lowest BCUT2D eigenvalue weighted by Crippen LogP contribution is -2.43. The van der Waals surface area contributed by atoms with Gasteiger partial charge in [0.1, 0.15) is 0 Å². The minimum Gasteiger partial charge on any atom is -0.370 e. The molecule has 0 radical (unpaired) electrons. The lowest BCUT2D eigenvalue weighted by atomic mass is 9.73. The molecule has 2 bridgehead atoms. The Morgan fingerprint density at radius 1 is 1.17 bits per heavy atom. The van der Waals surface area contributed by atoms with Crippen LogP contribution in [-0.2, 0) is 28.9 Å². The predicted octanol–water partition coefficient (Wildman–Crippen LogP) is 2.59. The van der Waals surface area contributed by atoms with Crippen LogP contribution in [0.3, 0.4) is 0 Å². The molecule has 1 aromatic heterocycles. The number of amides is 1. The molecule has 4 heterocycles. The molecule has 3 fully saturated rings. The maximum atomic E-state index is 12.9. The summed E-state index contributed by atoms with van der Waals surface area (Å²) in [7, 11) is 0. The van der Waals surface area contributed by atoms with Crippen molar-refractivity contribution in [3.63, 3.8) is 0 Å². The number of nitrogens with zero attached hydrogens (tertiary/aromatic N) is 2. The van der Waals surface area contributed by atoms with Gasteiger partial charge in [-0.25, -0.2) is 0 Å². The van der Waals surface area contributed by atoms with Crippen LogP contribution in [0.15, 0.2) is 48.8 Å². The number of rotatable bonds is 5. The monoisotopic (exact) mass is 403 g/mol. The molecule has 156 valence electrons. The van der Waals surface area contributed by atoms with Gasteiger partial charge in [0.15, 0.2) is 0 Å². The van der Waals surface area contributed by atoms with Gasteiger partial charge >= 0.3 is 0 Å². The third kappa shape index (κ3) is 3.07. The predicted molar refractivity (Wildman–Crippen MR) is 114 cm³/mol. The Kier molecular flexibility index (Phi) is 4.43. The van der Waals surface area contributed by atoms with Crippen molar-refractivity contribution < 1.29 is 9.53 Å². The van der Waals surface area contributed by atoms with Crippen molar-refractivity contribution in [1.82, 2.24) is 15.2 Å². The highest BCUT2D eigenvalue weighted by Crippen LogP contribution is 2.54. The highest BCUT2D eigenvalue weighted by molar-refractivity contribution is 5.80. The number of carbonyl (C=O) groups is 1. The largest absolute Gasteiger partial charge is 0.370 e. The van der Waals surface area contributed by atoms with E-state index < -0.39 is 0 Å². The summed E-state index contributed by atoms with van der Waals surface area (Å²) in [6, 6.07) is 12.7. The van der Waals surface area contributed by atoms with E-state index in [0.29, 0.717) is 17.9 Å². The van der Waals surface area contributed by atoms with E-state index >= 15 is 0 Å². The summed E-state index contributed by atoms with van der Waals surface area (Å²) >= 11 is 0. The fourth-order valence-corrected chi connectivity index (χ4v) is 6.53. The molecule has 0 saturated carbocycles. The second-order valence-electron chi connectivity index (χ2n) is 9.67. The molecule has 1 aromatic carbocycles. The number of hydrogen-bond acceptors (Lipinski definition) is 4. The van der Waals surface area contributed by atoms with Gasteiger partial charge in [-0.15, -0.1) is 0 Å². The van der Waals surface area contributed by atoms with Crippen molar-refractivity contribution in [3.05, 3.63) is 65.5 Å². The molecule has 5 nitrogen and oxygen atoms in total. The quantitative estimate of drug-likeness (QED) is 0.834. The Labute approximate surface area is 177 Å². The Balaban J connectivity index is 1.09. The van der Waals surface area contributed by atoms with E-state index in [1.54, 1.807) is 0 Å². The van der Waals surface area contributed by atoms with E-state index in [2.05, 4.69) is 51.6 Å². The number of nitrogens with one attached hydrogen (secondary N) is 1. The van der Waals surface area contributed by atoms with E-state index in [1.807, 2.05) is 12.4 Å². The van der Waals surface area contributed by atoms with Crippen molar-refractivity contribution in [2.24, 2.45) is 17.8 Å². The Bertz CT molecular complexity index is 923. The second kappa shape index (κ2) is 7.17. The molecule has 2 aromatic rings. The van der Waals surface area contributed by atoms with Gasteiger partial charge in [0, 0.05) is 56.3 Å². The van der Waals surface area contributed by atoms with Gasteiger partial charge in [0.05, 0.1) is 11.7 Å². The van der Waals surface area contributed by atoms with Crippen LogP contribution in [0.5, 0.6) is 0 Å². The van der Waals surface area contributed by atoms with Gasteiger partial charge < -0.3 is 10.1 Å². The van der Waals surface area contributed by atoms with Crippen LogP contribution in [-0.4, -0.2) is 47.1 Å². The van der Waals surface area contributed by atoms with E-state index in [0.717, 1.165) is 51.9 Å². The standard InChI is InChI=1S/C25H29N3O2/c29-24(20-11-18-3-1-2-4-19(18)12-20)27-13-21-22-15-28(14-17-6-9-26-10-7-17)16-25(22)8-5-23(21)30-25/h1-4,6-7,9-10,20-23H,5,8,11-16H2,(H,27,29)/t21-,22+,23+,25+/m0/s1. The SMILES string of the molecule is O=C(NC[C@H]1[C@H]2CN(Cc3ccncc3)C[C@]23CC[C@H]1O3)C1Cc2ccccc2C1. The summed E-state index contributed by atoms with van der Waals surface area (Å²) in [5, 5.41) is 3.31. The van der Waals surface area contributed by atoms with Crippen LogP contribution in [0.4, 0.5) is 0 Å². The van der Waals surface area contributed by atoms with Gasteiger partial charge in [-0.05, 0) is 54.5 Å². The summed E-state index contributed by atoms with van der Waals surface area (Å²) in [4.78, 5) is 19.6. The molecule has 5 heteroatoms. The minimum atomic E-state index is 0.0106. The average molecular weight is 404 g/mol. The number of benzene rings is 1. The zero-order chi connectivity index (χ0) is 20.1. The van der Waals surface area contributed by atoms with Gasteiger partial charge in [-0.1, -0.05) is 24.3 Å². The number of ether oxygens (including phenoxy) is 1. The highest BCUT2D eigenvalue weighted by atomic mass is 16.5. The van der Waals surface area contributed by atoms with Crippen LogP contribution in [0, 0.1) is 17.8 Å². The molecule has 1 spiro atoms. The van der Waals surface area contributed by atoms with E-state index in [1.165, 1.54) is 16.7 Å². The molecule has 1 N–H and O–H groups in total. The molecule has 6 rings (SSSR count). The van der Waals surface area contributed by atoms with Crippen LogP contribution in [0.2, 0.25) is 0 Å². The lowest BCUT2D eigenvalue weighted by molar-refractivity contribution is -0.125. The van der Waals surface area contributed by atoms with E-state index in [-0.39, 0.29) is 17.4 Å². The number of hydrogen-bond donors (Lipinski definition) is 1. The number of likely N-dealkylation sites (tertiary alicyclic amines) is 1. The lowest BCUT2D eigenvalue weighted by Gasteiger charge is -2.29. The molecule has 1 amide bonds. The van der Waals surface area contributed by atoms with Crippen molar-refractivity contribution >= 4 is 5.91 Å². The first-order chi connectivity index (χ1) is 14.7. The van der Waals surface area contributed by atoms with E-state index in [4.69, 9.17) is 4.74 Å². The summed E-state index contributed by atoms with van der Waals surface area (Å²) in [5.41, 5.74) is 3.99. The maximum absolute atomic E-state index is 12.9. The molecular weight excluding hydrogens is 374 g/mol. The van der Waals surface area contributed by atoms with Crippen LogP contribution in [0.25, 0.3) is 0 Å². The van der Waals surface area contributed by atoms with E-state index in [9.17, 15) is 4.79 Å². The smallest absolute Gasteiger partial charge is 0.223 e. The zero-order valence-electron chi connectivity index (χ0n) is 17.3. The molecular formula is C25H29N3O2. The topological polar surface area (TPSA) is 54.5 Å². The summed E-state index contributed by atoms with van der Waals surface area (Å²) < 4.78 is 6.57. The number of aromatic nitrogens is 1. The summed E-state index contributed by atoms with van der Waals surface area (Å²) in [6.07, 6.45) is 8.10. The van der Waals surface area contributed by atoms with Crippen LogP contribution < -0.4 is 5.32 Å². The number of fused-ring (bicyclic) bond motifs is 2. The number of pyridine rings is 1. The first-order valence-electron chi connectivity index (χ1n) is 11.3. The van der Waals surface area contributed by atoms with Gasteiger partial charge in [0.25, 0.3) is 0 Å². The Hall–Kier alpha value is -2.24. The Morgan fingerprint density at radius 3 is 2.70 bits per heavy atom. The Morgan fingerprint density at radius 2 is 1.93 bits per heavy atom. The van der Waals surface area contributed by atoms with Crippen molar-refractivity contribution in [1.29, 1.82) is 0 Å². The minimum absolute atomic E-state index is 0.0106. The third-order valence-electron chi connectivity index (χ3n) is 7.94. The van der Waals surface area contributed by atoms with Crippen molar-refractivity contribution in [2.75, 3.05) is 19.6 Å². The maximum Gasteiger partial charge on any atom is 0.223 e. The number of carbonyl (C=O) groups excluding carboxylic acids is 1.